The van der Waals surface area contributed by atoms with Gasteiger partial charge in [0, 0.05) is 30.0 Å². The average molecular weight is 342 g/mol. The van der Waals surface area contributed by atoms with Gasteiger partial charge in [-0.25, -0.2) is 9.97 Å². The molecular formula is C18H26N6O. The van der Waals surface area contributed by atoms with Crippen molar-refractivity contribution >= 4 is 11.6 Å². The zero-order valence-electron chi connectivity index (χ0n) is 15.1. The predicted molar refractivity (Wildman–Crippen MR) is 96.1 cm³/mol. The number of rotatable bonds is 6. The number of carbonyl (C=O) groups is 1. The number of H-pyrrole nitrogens is 1. The van der Waals surface area contributed by atoms with Crippen LogP contribution in [0.4, 0.5) is 5.69 Å². The molecule has 1 fully saturated rings. The van der Waals surface area contributed by atoms with Crippen LogP contribution in [0.5, 0.6) is 0 Å². The fourth-order valence-corrected chi connectivity index (χ4v) is 3.40. The van der Waals surface area contributed by atoms with Crippen LogP contribution in [-0.2, 0) is 11.2 Å². The zero-order valence-corrected chi connectivity index (χ0v) is 15.1. The summed E-state index contributed by atoms with van der Waals surface area (Å²) >= 11 is 0. The minimum absolute atomic E-state index is 0.0381. The van der Waals surface area contributed by atoms with Crippen molar-refractivity contribution in [3.8, 4) is 0 Å². The Hall–Kier alpha value is -2.28. The highest BCUT2D eigenvalue weighted by molar-refractivity contribution is 5.90. The quantitative estimate of drug-likeness (QED) is 0.843. The van der Waals surface area contributed by atoms with E-state index >= 15 is 0 Å². The first kappa shape index (κ1) is 17.5. The molecule has 1 aliphatic heterocycles. The summed E-state index contributed by atoms with van der Waals surface area (Å²) in [5, 5.41) is 9.31. The van der Waals surface area contributed by atoms with E-state index in [0.29, 0.717) is 30.6 Å². The summed E-state index contributed by atoms with van der Waals surface area (Å²) in [6, 6.07) is 2.75. The van der Waals surface area contributed by atoms with Crippen LogP contribution in [0, 0.1) is 6.92 Å². The van der Waals surface area contributed by atoms with Crippen LogP contribution in [0.25, 0.3) is 0 Å². The van der Waals surface area contributed by atoms with Crippen LogP contribution >= 0.6 is 0 Å². The second-order valence-corrected chi connectivity index (χ2v) is 6.88. The monoisotopic (exact) mass is 342 g/mol. The number of hydrogen-bond acceptors (Lipinski definition) is 5. The number of aromatic nitrogens is 4. The second-order valence-electron chi connectivity index (χ2n) is 6.88. The highest BCUT2D eigenvalue weighted by atomic mass is 16.1. The molecule has 1 aliphatic rings. The van der Waals surface area contributed by atoms with Crippen LogP contribution in [0.3, 0.4) is 0 Å². The number of likely N-dealkylation sites (tertiary alicyclic amines) is 1. The maximum absolute atomic E-state index is 12.0. The average Bonchev–Trinajstić information content (AvgIpc) is 3.23. The second kappa shape index (κ2) is 7.74. The fourth-order valence-electron chi connectivity index (χ4n) is 3.40. The summed E-state index contributed by atoms with van der Waals surface area (Å²) in [5.74, 6) is 0.861. The SMILES string of the molecule is Cc1cc(CCC(=O)Nc2cn[nH]c2)nc(C2CCCN2C(C)C)n1. The van der Waals surface area contributed by atoms with E-state index in [1.54, 1.807) is 12.4 Å². The summed E-state index contributed by atoms with van der Waals surface area (Å²) in [7, 11) is 0. The largest absolute Gasteiger partial charge is 0.323 e. The maximum Gasteiger partial charge on any atom is 0.224 e. The molecule has 7 nitrogen and oxygen atoms in total. The van der Waals surface area contributed by atoms with Crippen molar-refractivity contribution in [1.82, 2.24) is 25.1 Å². The van der Waals surface area contributed by atoms with Gasteiger partial charge in [0.2, 0.25) is 5.91 Å². The van der Waals surface area contributed by atoms with E-state index in [2.05, 4.69) is 39.2 Å². The van der Waals surface area contributed by atoms with E-state index in [1.165, 1.54) is 6.42 Å². The van der Waals surface area contributed by atoms with E-state index in [-0.39, 0.29) is 5.91 Å². The normalized spacial score (nSPS) is 18.0. The standard InChI is InChI=1S/C18H26N6O/c1-12(2)24-8-4-5-16(24)18-21-13(3)9-14(23-18)6-7-17(25)22-15-10-19-20-11-15/h9-12,16H,4-8H2,1-3H3,(H,19,20)(H,22,25). The third kappa shape index (κ3) is 4.42. The summed E-state index contributed by atoms with van der Waals surface area (Å²) in [6.45, 7) is 7.53. The van der Waals surface area contributed by atoms with Gasteiger partial charge in [0.15, 0.2) is 0 Å². The summed E-state index contributed by atoms with van der Waals surface area (Å²) in [6.07, 6.45) is 6.52. The third-order valence-corrected chi connectivity index (χ3v) is 4.57. The van der Waals surface area contributed by atoms with E-state index in [1.807, 2.05) is 13.0 Å². The summed E-state index contributed by atoms with van der Waals surface area (Å²) in [5.41, 5.74) is 2.58. The Balaban J connectivity index is 1.66. The number of hydrogen-bond donors (Lipinski definition) is 2. The van der Waals surface area contributed by atoms with Gasteiger partial charge < -0.3 is 5.32 Å². The lowest BCUT2D eigenvalue weighted by Gasteiger charge is -2.27. The number of aryl methyl sites for hydroxylation is 2. The fraction of sp³-hybridized carbons (Fsp3) is 0.556. The Morgan fingerprint density at radius 2 is 2.28 bits per heavy atom. The van der Waals surface area contributed by atoms with Gasteiger partial charge in [-0.1, -0.05) is 0 Å². The molecule has 0 aliphatic carbocycles. The van der Waals surface area contributed by atoms with E-state index in [0.717, 1.165) is 30.2 Å². The minimum Gasteiger partial charge on any atom is -0.323 e. The van der Waals surface area contributed by atoms with E-state index in [4.69, 9.17) is 4.98 Å². The molecule has 1 amide bonds. The topological polar surface area (TPSA) is 86.8 Å². The molecule has 7 heteroatoms. The Labute approximate surface area is 148 Å². The smallest absolute Gasteiger partial charge is 0.224 e. The number of anilines is 1. The van der Waals surface area contributed by atoms with Crippen LogP contribution < -0.4 is 5.32 Å². The van der Waals surface area contributed by atoms with Crippen molar-refractivity contribution in [2.75, 3.05) is 11.9 Å². The zero-order chi connectivity index (χ0) is 17.8. The highest BCUT2D eigenvalue weighted by Crippen LogP contribution is 2.31. The maximum atomic E-state index is 12.0. The molecule has 0 bridgehead atoms. The number of nitrogens with zero attached hydrogens (tertiary/aromatic N) is 4. The van der Waals surface area contributed by atoms with Crippen molar-refractivity contribution in [3.05, 3.63) is 35.7 Å². The molecule has 25 heavy (non-hydrogen) atoms. The number of carbonyl (C=O) groups excluding carboxylic acids is 1. The molecule has 3 rings (SSSR count). The highest BCUT2D eigenvalue weighted by Gasteiger charge is 2.30. The van der Waals surface area contributed by atoms with Gasteiger partial charge in [-0.05, 0) is 52.6 Å². The van der Waals surface area contributed by atoms with E-state index < -0.39 is 0 Å². The number of aromatic amines is 1. The molecule has 2 aromatic rings. The molecule has 0 spiro atoms. The van der Waals surface area contributed by atoms with Gasteiger partial charge in [-0.2, -0.15) is 5.10 Å². The number of nitrogens with one attached hydrogen (secondary N) is 2. The molecule has 1 atom stereocenters. The van der Waals surface area contributed by atoms with Crippen LogP contribution in [-0.4, -0.2) is 43.6 Å². The van der Waals surface area contributed by atoms with Gasteiger partial charge in [0.1, 0.15) is 5.82 Å². The minimum atomic E-state index is -0.0381. The lowest BCUT2D eigenvalue weighted by Crippen LogP contribution is -2.31. The van der Waals surface area contributed by atoms with E-state index in [9.17, 15) is 4.79 Å². The predicted octanol–water partition coefficient (Wildman–Crippen LogP) is 2.62. The molecule has 0 saturated carbocycles. The molecule has 2 aromatic heterocycles. The molecule has 1 saturated heterocycles. The lowest BCUT2D eigenvalue weighted by atomic mass is 10.1. The van der Waals surface area contributed by atoms with Crippen LogP contribution in [0.1, 0.15) is 56.4 Å². The van der Waals surface area contributed by atoms with Crippen LogP contribution in [0.15, 0.2) is 18.5 Å². The van der Waals surface area contributed by atoms with Gasteiger partial charge in [-0.15, -0.1) is 0 Å². The van der Waals surface area contributed by atoms with Gasteiger partial charge in [0.05, 0.1) is 17.9 Å². The van der Waals surface area contributed by atoms with Gasteiger partial charge in [0.25, 0.3) is 0 Å². The van der Waals surface area contributed by atoms with Crippen molar-refractivity contribution in [1.29, 1.82) is 0 Å². The molecule has 3 heterocycles. The van der Waals surface area contributed by atoms with Crippen LogP contribution in [0.2, 0.25) is 0 Å². The molecule has 0 aromatic carbocycles. The number of amides is 1. The summed E-state index contributed by atoms with van der Waals surface area (Å²) < 4.78 is 0. The Kier molecular flexibility index (Phi) is 5.43. The Morgan fingerprint density at radius 3 is 3.00 bits per heavy atom. The summed E-state index contributed by atoms with van der Waals surface area (Å²) in [4.78, 5) is 23.9. The first-order chi connectivity index (χ1) is 12.0. The van der Waals surface area contributed by atoms with Gasteiger partial charge >= 0.3 is 0 Å². The van der Waals surface area contributed by atoms with Crippen molar-refractivity contribution in [3.63, 3.8) is 0 Å². The molecule has 2 N–H and O–H groups in total. The molecule has 1 unspecified atom stereocenters. The Morgan fingerprint density at radius 1 is 1.44 bits per heavy atom. The molecule has 0 radical (unpaired) electrons. The molecule has 134 valence electrons. The Bertz CT molecular complexity index is 712. The molecular weight excluding hydrogens is 316 g/mol. The van der Waals surface area contributed by atoms with Crippen molar-refractivity contribution < 1.29 is 4.79 Å². The van der Waals surface area contributed by atoms with Crippen molar-refractivity contribution in [2.45, 2.75) is 58.5 Å². The third-order valence-electron chi connectivity index (χ3n) is 4.57. The van der Waals surface area contributed by atoms with Crippen molar-refractivity contribution in [2.24, 2.45) is 0 Å². The first-order valence-corrected chi connectivity index (χ1v) is 8.92. The van der Waals surface area contributed by atoms with Gasteiger partial charge in [-0.3, -0.25) is 14.8 Å². The lowest BCUT2D eigenvalue weighted by molar-refractivity contribution is -0.116. The first-order valence-electron chi connectivity index (χ1n) is 8.92.